The maximum Gasteiger partial charge on any atom is 0.122 e. The van der Waals surface area contributed by atoms with Crippen LogP contribution in [0.2, 0.25) is 0 Å². The van der Waals surface area contributed by atoms with E-state index < -0.39 is 6.10 Å². The number of para-hydroxylation sites is 1. The first-order chi connectivity index (χ1) is 12.2. The van der Waals surface area contributed by atoms with Crippen LogP contribution in [0.4, 0.5) is 0 Å². The first-order valence-electron chi connectivity index (χ1n) is 9.36. The summed E-state index contributed by atoms with van der Waals surface area (Å²) in [7, 11) is 0. The minimum Gasteiger partial charge on any atom is -0.491 e. The minimum atomic E-state index is -0.477. The Morgan fingerprint density at radius 1 is 1.08 bits per heavy atom. The van der Waals surface area contributed by atoms with Gasteiger partial charge in [0.15, 0.2) is 0 Å². The number of fused-ring (bicyclic) bond motifs is 1. The Kier molecular flexibility index (Phi) is 6.11. The maximum absolute atomic E-state index is 10.4. The van der Waals surface area contributed by atoms with Crippen LogP contribution < -0.4 is 4.74 Å². The molecule has 0 amide bonds. The Bertz CT molecular complexity index is 685. The second-order valence-corrected chi connectivity index (χ2v) is 7.07. The summed E-state index contributed by atoms with van der Waals surface area (Å²) < 4.78 is 5.96. The second kappa shape index (κ2) is 8.50. The maximum atomic E-state index is 10.4. The molecule has 0 bridgehead atoms. The third kappa shape index (κ3) is 4.62. The fourth-order valence-electron chi connectivity index (χ4n) is 3.49. The molecule has 3 rings (SSSR count). The summed E-state index contributed by atoms with van der Waals surface area (Å²) in [5.74, 6) is 1.37. The molecule has 1 N–H and O–H groups in total. The molecule has 25 heavy (non-hydrogen) atoms. The molecule has 0 saturated carbocycles. The standard InChI is InChI=1S/C22H29NO2/c1-3-17(2)21-10-6-7-11-22(21)25-16-20(24)15-23-13-12-18-8-4-5-9-19(18)14-23/h4-11,17,20,24H,3,12-16H2,1-2H3/t17-,20-/m0/s1. The number of benzene rings is 2. The van der Waals surface area contributed by atoms with Gasteiger partial charge in [0.2, 0.25) is 0 Å². The van der Waals surface area contributed by atoms with Gasteiger partial charge < -0.3 is 9.84 Å². The third-order valence-electron chi connectivity index (χ3n) is 5.17. The topological polar surface area (TPSA) is 32.7 Å². The zero-order valence-corrected chi connectivity index (χ0v) is 15.3. The van der Waals surface area contributed by atoms with Gasteiger partial charge in [0, 0.05) is 19.6 Å². The van der Waals surface area contributed by atoms with Crippen LogP contribution in [0.5, 0.6) is 5.75 Å². The van der Waals surface area contributed by atoms with Gasteiger partial charge in [-0.25, -0.2) is 0 Å². The lowest BCUT2D eigenvalue weighted by molar-refractivity contribution is 0.0633. The fraction of sp³-hybridized carbons (Fsp3) is 0.455. The zero-order valence-electron chi connectivity index (χ0n) is 15.3. The smallest absolute Gasteiger partial charge is 0.122 e. The van der Waals surface area contributed by atoms with Gasteiger partial charge in [-0.3, -0.25) is 4.90 Å². The van der Waals surface area contributed by atoms with Crippen molar-refractivity contribution in [1.82, 2.24) is 4.90 Å². The first-order valence-corrected chi connectivity index (χ1v) is 9.36. The van der Waals surface area contributed by atoms with Gasteiger partial charge in [-0.2, -0.15) is 0 Å². The van der Waals surface area contributed by atoms with Crippen molar-refractivity contribution in [2.24, 2.45) is 0 Å². The Morgan fingerprint density at radius 3 is 2.60 bits per heavy atom. The molecule has 0 radical (unpaired) electrons. The molecule has 0 spiro atoms. The van der Waals surface area contributed by atoms with Crippen molar-refractivity contribution in [3.05, 3.63) is 65.2 Å². The number of β-amino-alcohol motifs (C(OH)–C–C–N with tert-alkyl or cyclic N) is 1. The predicted octanol–water partition coefficient (Wildman–Crippen LogP) is 4.00. The Hall–Kier alpha value is -1.84. The van der Waals surface area contributed by atoms with Gasteiger partial charge in [0.05, 0.1) is 0 Å². The summed E-state index contributed by atoms with van der Waals surface area (Å²) in [4.78, 5) is 2.32. The van der Waals surface area contributed by atoms with Crippen molar-refractivity contribution in [1.29, 1.82) is 0 Å². The molecule has 3 heteroatoms. The van der Waals surface area contributed by atoms with Gasteiger partial charge in [-0.15, -0.1) is 0 Å². The SMILES string of the molecule is CC[C@H](C)c1ccccc1OC[C@@H](O)CN1CCc2ccccc2C1. The van der Waals surface area contributed by atoms with E-state index in [1.807, 2.05) is 12.1 Å². The molecule has 0 saturated heterocycles. The van der Waals surface area contributed by atoms with E-state index in [2.05, 4.69) is 55.1 Å². The second-order valence-electron chi connectivity index (χ2n) is 7.07. The van der Waals surface area contributed by atoms with Gasteiger partial charge >= 0.3 is 0 Å². The lowest BCUT2D eigenvalue weighted by Crippen LogP contribution is -2.38. The number of hydrogen-bond acceptors (Lipinski definition) is 3. The molecule has 0 unspecified atom stereocenters. The average Bonchev–Trinajstić information content (AvgIpc) is 2.66. The van der Waals surface area contributed by atoms with Crippen LogP contribution in [0.1, 0.15) is 42.9 Å². The average molecular weight is 339 g/mol. The molecule has 1 heterocycles. The third-order valence-corrected chi connectivity index (χ3v) is 5.17. The molecule has 0 fully saturated rings. The Balaban J connectivity index is 1.53. The quantitative estimate of drug-likeness (QED) is 0.828. The fourth-order valence-corrected chi connectivity index (χ4v) is 3.49. The monoisotopic (exact) mass is 339 g/mol. The Morgan fingerprint density at radius 2 is 1.80 bits per heavy atom. The number of aliphatic hydroxyl groups excluding tert-OH is 1. The lowest BCUT2D eigenvalue weighted by Gasteiger charge is -2.30. The molecule has 1 aliphatic rings. The summed E-state index contributed by atoms with van der Waals surface area (Å²) in [5, 5.41) is 10.4. The van der Waals surface area contributed by atoms with Crippen molar-refractivity contribution >= 4 is 0 Å². The first kappa shape index (κ1) is 18.0. The number of aliphatic hydroxyl groups is 1. The van der Waals surface area contributed by atoms with Crippen molar-refractivity contribution < 1.29 is 9.84 Å². The molecule has 0 aromatic heterocycles. The highest BCUT2D eigenvalue weighted by atomic mass is 16.5. The number of ether oxygens (including phenoxy) is 1. The highest BCUT2D eigenvalue weighted by Gasteiger charge is 2.19. The normalized spacial score (nSPS) is 16.9. The predicted molar refractivity (Wildman–Crippen MR) is 102 cm³/mol. The van der Waals surface area contributed by atoms with Crippen molar-refractivity contribution in [3.63, 3.8) is 0 Å². The van der Waals surface area contributed by atoms with Crippen LogP contribution in [0.25, 0.3) is 0 Å². The summed E-state index contributed by atoms with van der Waals surface area (Å²) in [6.07, 6.45) is 1.66. The molecular formula is C22H29NO2. The highest BCUT2D eigenvalue weighted by Crippen LogP contribution is 2.28. The van der Waals surface area contributed by atoms with E-state index in [9.17, 15) is 5.11 Å². The zero-order chi connectivity index (χ0) is 17.6. The van der Waals surface area contributed by atoms with E-state index >= 15 is 0 Å². The van der Waals surface area contributed by atoms with E-state index in [-0.39, 0.29) is 0 Å². The number of hydrogen-bond donors (Lipinski definition) is 1. The van der Waals surface area contributed by atoms with Crippen molar-refractivity contribution in [2.45, 2.75) is 45.3 Å². The molecule has 2 aromatic rings. The highest BCUT2D eigenvalue weighted by molar-refractivity contribution is 5.36. The Labute approximate surface area is 151 Å². The lowest BCUT2D eigenvalue weighted by atomic mass is 9.98. The van der Waals surface area contributed by atoms with Crippen LogP contribution in [-0.2, 0) is 13.0 Å². The molecule has 2 aromatic carbocycles. The van der Waals surface area contributed by atoms with Crippen LogP contribution >= 0.6 is 0 Å². The van der Waals surface area contributed by atoms with Gasteiger partial charge in [-0.05, 0) is 41.5 Å². The summed E-state index contributed by atoms with van der Waals surface area (Å²) >= 11 is 0. The van der Waals surface area contributed by atoms with Crippen LogP contribution in [0.15, 0.2) is 48.5 Å². The van der Waals surface area contributed by atoms with Crippen molar-refractivity contribution in [3.8, 4) is 5.75 Å². The summed E-state index contributed by atoms with van der Waals surface area (Å²) in [6.45, 7) is 7.30. The number of nitrogens with zero attached hydrogens (tertiary/aromatic N) is 1. The molecular weight excluding hydrogens is 310 g/mol. The summed E-state index contributed by atoms with van der Waals surface area (Å²) in [5.41, 5.74) is 4.04. The molecule has 3 nitrogen and oxygen atoms in total. The van der Waals surface area contributed by atoms with E-state index in [0.29, 0.717) is 19.1 Å². The van der Waals surface area contributed by atoms with Gasteiger partial charge in [0.1, 0.15) is 18.5 Å². The van der Waals surface area contributed by atoms with E-state index in [0.717, 1.165) is 31.7 Å². The molecule has 134 valence electrons. The van der Waals surface area contributed by atoms with E-state index in [4.69, 9.17) is 4.74 Å². The van der Waals surface area contributed by atoms with Gasteiger partial charge in [0.25, 0.3) is 0 Å². The van der Waals surface area contributed by atoms with Crippen LogP contribution in [0.3, 0.4) is 0 Å². The van der Waals surface area contributed by atoms with Crippen molar-refractivity contribution in [2.75, 3.05) is 19.7 Å². The largest absolute Gasteiger partial charge is 0.491 e. The van der Waals surface area contributed by atoms with E-state index in [1.54, 1.807) is 0 Å². The molecule has 0 aliphatic carbocycles. The molecule has 1 aliphatic heterocycles. The van der Waals surface area contributed by atoms with Crippen LogP contribution in [0, 0.1) is 0 Å². The van der Waals surface area contributed by atoms with Crippen LogP contribution in [-0.4, -0.2) is 35.8 Å². The van der Waals surface area contributed by atoms with E-state index in [1.165, 1.54) is 16.7 Å². The minimum absolute atomic E-state index is 0.339. The number of rotatable bonds is 7. The summed E-state index contributed by atoms with van der Waals surface area (Å²) in [6, 6.07) is 16.8. The molecule has 2 atom stereocenters. The van der Waals surface area contributed by atoms with Gasteiger partial charge in [-0.1, -0.05) is 56.3 Å².